The van der Waals surface area contributed by atoms with Crippen LogP contribution in [0.2, 0.25) is 0 Å². The molecule has 1 fully saturated rings. The SMILES string of the molecule is O=C(Nc1cccc2cccnc12)[C@@H]1C[C@@H](O)CN1C(=O)OCc1ccccc1. The van der Waals surface area contributed by atoms with E-state index in [4.69, 9.17) is 4.74 Å². The summed E-state index contributed by atoms with van der Waals surface area (Å²) < 4.78 is 5.34. The Bertz CT molecular complexity index is 1020. The lowest BCUT2D eigenvalue weighted by molar-refractivity contribution is -0.120. The highest BCUT2D eigenvalue weighted by Crippen LogP contribution is 2.24. The molecule has 1 saturated heterocycles. The van der Waals surface area contributed by atoms with Gasteiger partial charge < -0.3 is 15.2 Å². The Balaban J connectivity index is 1.47. The van der Waals surface area contributed by atoms with Crippen LogP contribution in [-0.4, -0.2) is 45.7 Å². The van der Waals surface area contributed by atoms with E-state index in [0.29, 0.717) is 11.2 Å². The quantitative estimate of drug-likeness (QED) is 0.713. The Morgan fingerprint density at radius 3 is 2.72 bits per heavy atom. The number of pyridine rings is 1. The number of carbonyl (C=O) groups excluding carboxylic acids is 2. The molecular weight excluding hydrogens is 370 g/mol. The van der Waals surface area contributed by atoms with Crippen molar-refractivity contribution < 1.29 is 19.4 Å². The molecule has 0 aliphatic carbocycles. The summed E-state index contributed by atoms with van der Waals surface area (Å²) in [6.45, 7) is 0.160. The topological polar surface area (TPSA) is 91.8 Å². The second-order valence-electron chi connectivity index (χ2n) is 6.97. The van der Waals surface area contributed by atoms with Crippen LogP contribution in [0.25, 0.3) is 10.9 Å². The Kier molecular flexibility index (Phi) is 5.39. The van der Waals surface area contributed by atoms with Gasteiger partial charge in [0.1, 0.15) is 12.6 Å². The number of carbonyl (C=O) groups is 2. The number of para-hydroxylation sites is 1. The zero-order valence-electron chi connectivity index (χ0n) is 15.7. The van der Waals surface area contributed by atoms with Gasteiger partial charge in [-0.15, -0.1) is 0 Å². The number of aliphatic hydroxyl groups is 1. The van der Waals surface area contributed by atoms with Crippen molar-refractivity contribution >= 4 is 28.6 Å². The van der Waals surface area contributed by atoms with Gasteiger partial charge in [0.25, 0.3) is 0 Å². The summed E-state index contributed by atoms with van der Waals surface area (Å²) >= 11 is 0. The monoisotopic (exact) mass is 391 g/mol. The number of likely N-dealkylation sites (tertiary alicyclic amines) is 1. The Morgan fingerprint density at radius 1 is 1.10 bits per heavy atom. The smallest absolute Gasteiger partial charge is 0.410 e. The molecular formula is C22H21N3O4. The average Bonchev–Trinajstić information content (AvgIpc) is 3.15. The molecule has 7 nitrogen and oxygen atoms in total. The van der Waals surface area contributed by atoms with E-state index in [9.17, 15) is 14.7 Å². The summed E-state index contributed by atoms with van der Waals surface area (Å²) in [6.07, 6.45) is 0.414. The number of fused-ring (bicyclic) bond motifs is 1. The maximum absolute atomic E-state index is 12.9. The Morgan fingerprint density at radius 2 is 1.90 bits per heavy atom. The molecule has 2 N–H and O–H groups in total. The van der Waals surface area contributed by atoms with Crippen LogP contribution < -0.4 is 5.32 Å². The number of amides is 2. The largest absolute Gasteiger partial charge is 0.445 e. The number of ether oxygens (including phenoxy) is 1. The molecule has 1 aliphatic rings. The van der Waals surface area contributed by atoms with E-state index in [0.717, 1.165) is 10.9 Å². The standard InChI is InChI=1S/C22H21N3O4/c26-17-12-19(25(13-17)22(28)29-14-15-6-2-1-3-7-15)21(27)24-18-10-4-8-16-9-5-11-23-20(16)18/h1-11,17,19,26H,12-14H2,(H,24,27)/t17-,19+/m1/s1. The van der Waals surface area contributed by atoms with Gasteiger partial charge in [-0.25, -0.2) is 4.79 Å². The van der Waals surface area contributed by atoms with E-state index in [1.54, 1.807) is 12.3 Å². The van der Waals surface area contributed by atoms with Gasteiger partial charge in [0, 0.05) is 18.0 Å². The van der Waals surface area contributed by atoms with Gasteiger partial charge in [0.2, 0.25) is 5.91 Å². The Labute approximate surface area is 167 Å². The number of rotatable bonds is 4. The minimum absolute atomic E-state index is 0.0551. The van der Waals surface area contributed by atoms with Crippen molar-refractivity contribution in [3.8, 4) is 0 Å². The van der Waals surface area contributed by atoms with Gasteiger partial charge in [-0.2, -0.15) is 0 Å². The number of nitrogens with zero attached hydrogens (tertiary/aromatic N) is 2. The van der Waals surface area contributed by atoms with E-state index in [1.165, 1.54) is 4.90 Å². The van der Waals surface area contributed by atoms with Gasteiger partial charge in [-0.1, -0.05) is 48.5 Å². The first-order chi connectivity index (χ1) is 14.1. The summed E-state index contributed by atoms with van der Waals surface area (Å²) in [7, 11) is 0. The molecule has 0 unspecified atom stereocenters. The molecule has 0 radical (unpaired) electrons. The lowest BCUT2D eigenvalue weighted by Gasteiger charge is -2.23. The highest BCUT2D eigenvalue weighted by Gasteiger charge is 2.40. The van der Waals surface area contributed by atoms with Gasteiger partial charge in [0.15, 0.2) is 0 Å². The summed E-state index contributed by atoms with van der Waals surface area (Å²) in [6, 6.07) is 17.7. The Hall–Kier alpha value is -3.45. The van der Waals surface area contributed by atoms with Gasteiger partial charge >= 0.3 is 6.09 Å². The zero-order valence-corrected chi connectivity index (χ0v) is 15.7. The number of anilines is 1. The van der Waals surface area contributed by atoms with Crippen LogP contribution in [0.3, 0.4) is 0 Å². The fourth-order valence-corrected chi connectivity index (χ4v) is 3.49. The van der Waals surface area contributed by atoms with Crippen LogP contribution in [0.4, 0.5) is 10.5 Å². The van der Waals surface area contributed by atoms with E-state index < -0.39 is 18.2 Å². The van der Waals surface area contributed by atoms with Gasteiger partial charge in [0.05, 0.1) is 23.9 Å². The molecule has 1 aliphatic heterocycles. The van der Waals surface area contributed by atoms with Crippen molar-refractivity contribution in [2.24, 2.45) is 0 Å². The maximum Gasteiger partial charge on any atom is 0.410 e. The average molecular weight is 391 g/mol. The number of hydrogen-bond acceptors (Lipinski definition) is 5. The minimum atomic E-state index is -0.813. The van der Waals surface area contributed by atoms with Crippen molar-refractivity contribution in [2.75, 3.05) is 11.9 Å². The molecule has 1 aromatic heterocycles. The van der Waals surface area contributed by atoms with E-state index in [1.807, 2.05) is 54.6 Å². The number of hydrogen-bond donors (Lipinski definition) is 2. The first-order valence-electron chi connectivity index (χ1n) is 9.42. The lowest BCUT2D eigenvalue weighted by atomic mass is 10.1. The van der Waals surface area contributed by atoms with Crippen molar-refractivity contribution in [1.82, 2.24) is 9.88 Å². The third-order valence-electron chi connectivity index (χ3n) is 4.91. The lowest BCUT2D eigenvalue weighted by Crippen LogP contribution is -2.43. The fraction of sp³-hybridized carbons (Fsp3) is 0.227. The van der Waals surface area contributed by atoms with Crippen LogP contribution in [-0.2, 0) is 16.1 Å². The van der Waals surface area contributed by atoms with Crippen molar-refractivity contribution in [2.45, 2.75) is 25.2 Å². The number of β-amino-alcohol motifs (C(OH)–C–C–N with tert-alkyl or cyclic N) is 1. The molecule has 2 heterocycles. The van der Waals surface area contributed by atoms with Crippen LogP contribution in [0.5, 0.6) is 0 Å². The van der Waals surface area contributed by atoms with Crippen LogP contribution in [0.1, 0.15) is 12.0 Å². The number of nitrogens with one attached hydrogen (secondary N) is 1. The molecule has 0 spiro atoms. The molecule has 4 rings (SSSR count). The molecule has 0 saturated carbocycles. The molecule has 7 heteroatoms. The maximum atomic E-state index is 12.9. The summed E-state index contributed by atoms with van der Waals surface area (Å²) in [5, 5.41) is 13.8. The summed E-state index contributed by atoms with van der Waals surface area (Å²) in [5.41, 5.74) is 2.08. The highest BCUT2D eigenvalue weighted by molar-refractivity contribution is 6.03. The molecule has 3 aromatic rings. The van der Waals surface area contributed by atoms with E-state index >= 15 is 0 Å². The molecule has 29 heavy (non-hydrogen) atoms. The minimum Gasteiger partial charge on any atom is -0.445 e. The van der Waals surface area contributed by atoms with Gasteiger partial charge in [-0.3, -0.25) is 14.7 Å². The molecule has 148 valence electrons. The van der Waals surface area contributed by atoms with Gasteiger partial charge in [-0.05, 0) is 17.7 Å². The second-order valence-corrected chi connectivity index (χ2v) is 6.97. The first-order valence-corrected chi connectivity index (χ1v) is 9.42. The fourth-order valence-electron chi connectivity index (χ4n) is 3.49. The molecule has 0 bridgehead atoms. The summed E-state index contributed by atoms with van der Waals surface area (Å²) in [5.74, 6) is -0.378. The number of aliphatic hydroxyl groups excluding tert-OH is 1. The van der Waals surface area contributed by atoms with Crippen molar-refractivity contribution in [1.29, 1.82) is 0 Å². The normalized spacial score (nSPS) is 18.6. The van der Waals surface area contributed by atoms with Crippen LogP contribution in [0.15, 0.2) is 66.9 Å². The number of benzene rings is 2. The number of aromatic nitrogens is 1. The summed E-state index contributed by atoms with van der Waals surface area (Å²) in [4.78, 5) is 31.0. The molecule has 2 aromatic carbocycles. The van der Waals surface area contributed by atoms with Crippen LogP contribution in [0, 0.1) is 0 Å². The van der Waals surface area contributed by atoms with E-state index in [-0.39, 0.29) is 25.5 Å². The second kappa shape index (κ2) is 8.28. The predicted molar refractivity (Wildman–Crippen MR) is 108 cm³/mol. The van der Waals surface area contributed by atoms with Crippen molar-refractivity contribution in [3.63, 3.8) is 0 Å². The third kappa shape index (κ3) is 4.20. The predicted octanol–water partition coefficient (Wildman–Crippen LogP) is 2.95. The zero-order chi connectivity index (χ0) is 20.2. The highest BCUT2D eigenvalue weighted by atomic mass is 16.6. The first kappa shape index (κ1) is 18.9. The van der Waals surface area contributed by atoms with E-state index in [2.05, 4.69) is 10.3 Å². The third-order valence-corrected chi connectivity index (χ3v) is 4.91. The van der Waals surface area contributed by atoms with Crippen molar-refractivity contribution in [3.05, 3.63) is 72.4 Å². The molecule has 2 amide bonds. The van der Waals surface area contributed by atoms with Crippen LogP contribution >= 0.6 is 0 Å². The molecule has 2 atom stereocenters.